The molecule has 2 N–H and O–H groups in total. The van der Waals surface area contributed by atoms with Gasteiger partial charge < -0.3 is 15.0 Å². The lowest BCUT2D eigenvalue weighted by atomic mass is 9.89. The summed E-state index contributed by atoms with van der Waals surface area (Å²) < 4.78 is 31.7. The van der Waals surface area contributed by atoms with Crippen LogP contribution < -0.4 is 10.1 Å². The molecule has 2 aromatic carbocycles. The number of sulfonamides is 1. The van der Waals surface area contributed by atoms with Crippen molar-refractivity contribution < 1.29 is 17.9 Å². The summed E-state index contributed by atoms with van der Waals surface area (Å²) in [6.45, 7) is 3.67. The monoisotopic (exact) mass is 484 g/mol. The average molecular weight is 485 g/mol. The van der Waals surface area contributed by atoms with Gasteiger partial charge in [0.1, 0.15) is 5.75 Å². The Kier molecular flexibility index (Phi) is 6.97. The van der Waals surface area contributed by atoms with Gasteiger partial charge in [-0.3, -0.25) is 9.69 Å². The van der Waals surface area contributed by atoms with Crippen LogP contribution >= 0.6 is 0 Å². The zero-order chi connectivity index (χ0) is 24.5. The summed E-state index contributed by atoms with van der Waals surface area (Å²) in [7, 11) is 1.09. The number of nitrogens with one attached hydrogen (secondary N) is 2. The number of fused-ring (bicyclic) bond motifs is 1. The fourth-order valence-electron chi connectivity index (χ4n) is 4.54. The van der Waals surface area contributed by atoms with E-state index in [9.17, 15) is 13.2 Å². The van der Waals surface area contributed by atoms with Crippen LogP contribution in [-0.4, -0.2) is 69.4 Å². The number of aromatic amines is 1. The van der Waals surface area contributed by atoms with Crippen molar-refractivity contribution in [3.8, 4) is 5.75 Å². The van der Waals surface area contributed by atoms with E-state index in [-0.39, 0.29) is 17.3 Å². The minimum atomic E-state index is -3.58. The third-order valence-corrected chi connectivity index (χ3v) is 8.50. The van der Waals surface area contributed by atoms with Crippen LogP contribution in [0.3, 0.4) is 0 Å². The summed E-state index contributed by atoms with van der Waals surface area (Å²) in [5.41, 5.74) is 3.53. The number of nitrogens with zero attached hydrogens (tertiary/aromatic N) is 2. The molecule has 1 saturated heterocycles. The van der Waals surface area contributed by atoms with E-state index in [2.05, 4.69) is 27.5 Å². The summed E-state index contributed by atoms with van der Waals surface area (Å²) in [6, 6.07) is 11.1. The molecule has 1 aliphatic rings. The number of aromatic nitrogens is 1. The Morgan fingerprint density at radius 1 is 1.18 bits per heavy atom. The van der Waals surface area contributed by atoms with Crippen molar-refractivity contribution in [2.45, 2.75) is 30.6 Å². The molecule has 0 unspecified atom stereocenters. The number of hydrogen-bond donors (Lipinski definition) is 2. The zero-order valence-electron chi connectivity index (χ0n) is 20.1. The number of carbonyl (C=O) groups excluding carboxylic acids is 1. The number of piperidine rings is 1. The lowest BCUT2D eigenvalue weighted by molar-refractivity contribution is -0.117. The van der Waals surface area contributed by atoms with Crippen LogP contribution in [0.15, 0.2) is 47.5 Å². The maximum absolute atomic E-state index is 12.7. The van der Waals surface area contributed by atoms with Crippen LogP contribution in [0.5, 0.6) is 5.75 Å². The molecule has 0 bridgehead atoms. The van der Waals surface area contributed by atoms with Crippen molar-refractivity contribution >= 4 is 32.5 Å². The Balaban J connectivity index is 1.37. The number of aryl methyl sites for hydroxylation is 1. The second-order valence-electron chi connectivity index (χ2n) is 9.02. The van der Waals surface area contributed by atoms with E-state index in [0.29, 0.717) is 17.2 Å². The lowest BCUT2D eigenvalue weighted by Gasteiger charge is -2.31. The van der Waals surface area contributed by atoms with Crippen molar-refractivity contribution in [3.05, 3.63) is 53.7 Å². The topological polar surface area (TPSA) is 94.7 Å². The van der Waals surface area contributed by atoms with Gasteiger partial charge in [-0.2, -0.15) is 0 Å². The molecular weight excluding hydrogens is 452 g/mol. The first-order valence-electron chi connectivity index (χ1n) is 11.4. The third kappa shape index (κ3) is 4.96. The molecule has 0 atom stereocenters. The van der Waals surface area contributed by atoms with Gasteiger partial charge in [-0.05, 0) is 80.2 Å². The molecule has 0 saturated carbocycles. The molecule has 0 aliphatic carbocycles. The van der Waals surface area contributed by atoms with Gasteiger partial charge in [0.05, 0.1) is 18.6 Å². The van der Waals surface area contributed by atoms with Crippen molar-refractivity contribution in [2.24, 2.45) is 0 Å². The Bertz CT molecular complexity index is 1290. The van der Waals surface area contributed by atoms with Crippen LogP contribution in [0.2, 0.25) is 0 Å². The molecule has 1 fully saturated rings. The van der Waals surface area contributed by atoms with Crippen LogP contribution in [0.1, 0.15) is 29.9 Å². The van der Waals surface area contributed by atoms with E-state index >= 15 is 0 Å². The van der Waals surface area contributed by atoms with Gasteiger partial charge in [0.15, 0.2) is 0 Å². The summed E-state index contributed by atoms with van der Waals surface area (Å²) in [4.78, 5) is 18.4. The first kappa shape index (κ1) is 24.3. The summed E-state index contributed by atoms with van der Waals surface area (Å²) in [5.74, 6) is 1.13. The molecule has 2 heterocycles. The van der Waals surface area contributed by atoms with Crippen LogP contribution in [0.4, 0.5) is 5.69 Å². The molecule has 4 rings (SSSR count). The molecule has 1 aromatic heterocycles. The maximum Gasteiger partial charge on any atom is 0.242 e. The Morgan fingerprint density at radius 3 is 2.59 bits per heavy atom. The molecule has 8 nitrogen and oxygen atoms in total. The summed E-state index contributed by atoms with van der Waals surface area (Å²) >= 11 is 0. The van der Waals surface area contributed by atoms with Gasteiger partial charge >= 0.3 is 0 Å². The fourth-order valence-corrected chi connectivity index (χ4v) is 5.69. The number of methoxy groups -OCH3 is 1. The number of carbonyl (C=O) groups is 1. The minimum Gasteiger partial charge on any atom is -0.497 e. The highest BCUT2D eigenvalue weighted by atomic mass is 32.2. The normalized spacial score (nSPS) is 15.7. The van der Waals surface area contributed by atoms with Gasteiger partial charge in [0.2, 0.25) is 15.9 Å². The quantitative estimate of drug-likeness (QED) is 0.535. The van der Waals surface area contributed by atoms with E-state index in [1.54, 1.807) is 26.2 Å². The second kappa shape index (κ2) is 9.77. The highest BCUT2D eigenvalue weighted by Gasteiger charge is 2.25. The molecular formula is C25H32N4O4S. The Hall–Kier alpha value is -2.88. The summed E-state index contributed by atoms with van der Waals surface area (Å²) in [5, 5.41) is 4.05. The molecule has 1 aliphatic heterocycles. The maximum atomic E-state index is 12.7. The summed E-state index contributed by atoms with van der Waals surface area (Å²) in [6.07, 6.45) is 4.02. The number of hydrogen-bond acceptors (Lipinski definition) is 5. The largest absolute Gasteiger partial charge is 0.497 e. The Morgan fingerprint density at radius 2 is 1.91 bits per heavy atom. The van der Waals surface area contributed by atoms with Crippen molar-refractivity contribution in [3.63, 3.8) is 0 Å². The van der Waals surface area contributed by atoms with Crippen molar-refractivity contribution in [1.82, 2.24) is 14.2 Å². The zero-order valence-corrected chi connectivity index (χ0v) is 20.9. The second-order valence-corrected chi connectivity index (χ2v) is 11.1. The number of rotatable bonds is 7. The van der Waals surface area contributed by atoms with Gasteiger partial charge in [-0.25, -0.2) is 12.7 Å². The SMILES string of the molecule is COc1ccc2[nH]cc(C3CCN(CC(=O)Nc4ccc(C)c(S(=O)(=O)N(C)C)c4)CC3)c2c1. The smallest absolute Gasteiger partial charge is 0.242 e. The van der Waals surface area contributed by atoms with Crippen LogP contribution in [0.25, 0.3) is 10.9 Å². The molecule has 3 aromatic rings. The molecule has 0 spiro atoms. The first-order valence-corrected chi connectivity index (χ1v) is 12.8. The number of anilines is 1. The number of H-pyrrole nitrogens is 1. The van der Waals surface area contributed by atoms with Crippen molar-refractivity contribution in [2.75, 3.05) is 46.2 Å². The lowest BCUT2D eigenvalue weighted by Crippen LogP contribution is -2.38. The van der Waals surface area contributed by atoms with Gasteiger partial charge in [0.25, 0.3) is 0 Å². The van der Waals surface area contributed by atoms with Crippen molar-refractivity contribution in [1.29, 1.82) is 0 Å². The van der Waals surface area contributed by atoms with E-state index in [1.165, 1.54) is 35.4 Å². The third-order valence-electron chi connectivity index (χ3n) is 6.55. The molecule has 34 heavy (non-hydrogen) atoms. The molecule has 182 valence electrons. The predicted octanol–water partition coefficient (Wildman–Crippen LogP) is 3.55. The molecule has 1 amide bonds. The van der Waals surface area contributed by atoms with Gasteiger partial charge in [-0.1, -0.05) is 6.07 Å². The van der Waals surface area contributed by atoms with E-state index in [0.717, 1.165) is 37.2 Å². The standard InChI is InChI=1S/C25H32N4O4S/c1-17-5-6-19(13-24(17)34(31,32)28(2)3)27-25(30)16-29-11-9-18(10-12-29)22-15-26-23-8-7-20(33-4)14-21(22)23/h5-8,13-15,18,26H,9-12,16H2,1-4H3,(H,27,30). The molecule has 9 heteroatoms. The van der Waals surface area contributed by atoms with Gasteiger partial charge in [-0.15, -0.1) is 0 Å². The van der Waals surface area contributed by atoms with E-state index in [4.69, 9.17) is 4.74 Å². The van der Waals surface area contributed by atoms with Crippen LogP contribution in [-0.2, 0) is 14.8 Å². The van der Waals surface area contributed by atoms with Gasteiger partial charge in [0, 0.05) is 36.9 Å². The average Bonchev–Trinajstić information content (AvgIpc) is 3.23. The number of amides is 1. The minimum absolute atomic E-state index is 0.146. The van der Waals surface area contributed by atoms with Crippen LogP contribution in [0, 0.1) is 6.92 Å². The predicted molar refractivity (Wildman–Crippen MR) is 134 cm³/mol. The first-order chi connectivity index (χ1) is 16.2. The highest BCUT2D eigenvalue weighted by Crippen LogP contribution is 2.34. The molecule has 0 radical (unpaired) electrons. The fraction of sp³-hybridized carbons (Fsp3) is 0.400. The highest BCUT2D eigenvalue weighted by molar-refractivity contribution is 7.89. The number of likely N-dealkylation sites (tertiary alicyclic amines) is 1. The number of ether oxygens (including phenoxy) is 1. The van der Waals surface area contributed by atoms with E-state index in [1.807, 2.05) is 12.1 Å². The van der Waals surface area contributed by atoms with E-state index < -0.39 is 10.0 Å². The Labute approximate surface area is 200 Å². The number of benzene rings is 2.